The summed E-state index contributed by atoms with van der Waals surface area (Å²) in [6.07, 6.45) is 0.801. The second-order valence-electron chi connectivity index (χ2n) is 6.59. The van der Waals surface area contributed by atoms with Crippen molar-refractivity contribution in [1.29, 1.82) is 0 Å². The average molecular weight is 426 g/mol. The van der Waals surface area contributed by atoms with Crippen LogP contribution in [0.3, 0.4) is 0 Å². The Labute approximate surface area is 181 Å². The first kappa shape index (κ1) is 21.5. The third-order valence-corrected chi connectivity index (χ3v) is 4.94. The predicted molar refractivity (Wildman–Crippen MR) is 118 cm³/mol. The van der Waals surface area contributed by atoms with Crippen molar-refractivity contribution >= 4 is 17.5 Å². The zero-order chi connectivity index (χ0) is 21.3. The van der Waals surface area contributed by atoms with E-state index in [1.807, 2.05) is 24.3 Å². The lowest BCUT2D eigenvalue weighted by molar-refractivity contribution is 0.0950. The molecule has 6 heteroatoms. The molecular weight excluding hydrogens is 402 g/mol. The Hall–Kier alpha value is -3.18. The molecule has 5 nitrogen and oxygen atoms in total. The molecule has 0 aliphatic rings. The molecule has 0 bridgehead atoms. The van der Waals surface area contributed by atoms with Gasteiger partial charge in [0.2, 0.25) is 0 Å². The number of amides is 1. The van der Waals surface area contributed by atoms with Crippen molar-refractivity contribution < 1.29 is 19.0 Å². The number of hydrogen-bond donors (Lipinski definition) is 1. The highest BCUT2D eigenvalue weighted by Gasteiger charge is 2.12. The summed E-state index contributed by atoms with van der Waals surface area (Å²) < 4.78 is 16.3. The van der Waals surface area contributed by atoms with Crippen LogP contribution in [0.25, 0.3) is 0 Å². The molecular formula is C24H24ClNO4. The van der Waals surface area contributed by atoms with Gasteiger partial charge in [0.1, 0.15) is 5.75 Å². The van der Waals surface area contributed by atoms with Crippen molar-refractivity contribution in [3.63, 3.8) is 0 Å². The van der Waals surface area contributed by atoms with Gasteiger partial charge in [-0.3, -0.25) is 4.79 Å². The first-order valence-electron chi connectivity index (χ1n) is 9.56. The summed E-state index contributed by atoms with van der Waals surface area (Å²) in [5.74, 6) is 1.54. The lowest BCUT2D eigenvalue weighted by Gasteiger charge is -2.13. The Morgan fingerprint density at radius 3 is 2.40 bits per heavy atom. The molecule has 0 aliphatic carbocycles. The Morgan fingerprint density at radius 2 is 1.67 bits per heavy atom. The number of hydrogen-bond acceptors (Lipinski definition) is 4. The lowest BCUT2D eigenvalue weighted by atomic mass is 10.1. The van der Waals surface area contributed by atoms with Gasteiger partial charge in [0, 0.05) is 29.6 Å². The van der Waals surface area contributed by atoms with Crippen LogP contribution in [0.1, 0.15) is 21.5 Å². The van der Waals surface area contributed by atoms with Crippen LogP contribution in [-0.4, -0.2) is 26.7 Å². The summed E-state index contributed by atoms with van der Waals surface area (Å²) >= 11 is 6.29. The maximum Gasteiger partial charge on any atom is 0.251 e. The number of halogens is 1. The van der Waals surface area contributed by atoms with Crippen molar-refractivity contribution in [3.05, 3.63) is 88.4 Å². The summed E-state index contributed by atoms with van der Waals surface area (Å²) in [5, 5.41) is 3.37. The number of methoxy groups -OCH3 is 2. The van der Waals surface area contributed by atoms with Gasteiger partial charge in [-0.2, -0.15) is 0 Å². The zero-order valence-electron chi connectivity index (χ0n) is 17.0. The van der Waals surface area contributed by atoms with Gasteiger partial charge in [0.15, 0.2) is 11.5 Å². The number of nitrogens with one attached hydrogen (secondary N) is 1. The number of carbonyl (C=O) groups excluding carboxylic acids is 1. The Bertz CT molecular complexity index is 992. The molecule has 3 aromatic carbocycles. The van der Waals surface area contributed by atoms with Crippen molar-refractivity contribution in [2.45, 2.75) is 13.0 Å². The maximum absolute atomic E-state index is 12.6. The van der Waals surface area contributed by atoms with Gasteiger partial charge in [0.25, 0.3) is 5.91 Å². The van der Waals surface area contributed by atoms with E-state index in [1.165, 1.54) is 5.56 Å². The van der Waals surface area contributed by atoms with Gasteiger partial charge < -0.3 is 19.5 Å². The fourth-order valence-corrected chi connectivity index (χ4v) is 3.19. The Morgan fingerprint density at radius 1 is 0.933 bits per heavy atom. The van der Waals surface area contributed by atoms with E-state index in [2.05, 4.69) is 17.4 Å². The zero-order valence-corrected chi connectivity index (χ0v) is 17.7. The second-order valence-corrected chi connectivity index (χ2v) is 7.00. The van der Waals surface area contributed by atoms with E-state index >= 15 is 0 Å². The molecule has 0 atom stereocenters. The molecule has 3 rings (SSSR count). The summed E-state index contributed by atoms with van der Waals surface area (Å²) in [7, 11) is 3.10. The minimum Gasteiger partial charge on any atom is -0.493 e. The third-order valence-electron chi connectivity index (χ3n) is 4.59. The average Bonchev–Trinajstić information content (AvgIpc) is 2.78. The van der Waals surface area contributed by atoms with Gasteiger partial charge in [-0.25, -0.2) is 0 Å². The molecule has 0 heterocycles. The van der Waals surface area contributed by atoms with Crippen LogP contribution in [0.5, 0.6) is 17.2 Å². The molecule has 0 fully saturated rings. The van der Waals surface area contributed by atoms with Crippen LogP contribution in [0, 0.1) is 0 Å². The van der Waals surface area contributed by atoms with Gasteiger partial charge in [-0.15, -0.1) is 0 Å². The Balaban J connectivity index is 1.59. The molecule has 3 aromatic rings. The van der Waals surface area contributed by atoms with E-state index in [1.54, 1.807) is 44.6 Å². The van der Waals surface area contributed by atoms with E-state index < -0.39 is 0 Å². The van der Waals surface area contributed by atoms with Crippen LogP contribution >= 0.6 is 11.6 Å². The molecule has 30 heavy (non-hydrogen) atoms. The smallest absolute Gasteiger partial charge is 0.251 e. The molecule has 0 aliphatic heterocycles. The molecule has 0 aromatic heterocycles. The highest BCUT2D eigenvalue weighted by molar-refractivity contribution is 6.31. The minimum atomic E-state index is -0.214. The quantitative estimate of drug-likeness (QED) is 0.529. The molecule has 0 unspecified atom stereocenters. The van der Waals surface area contributed by atoms with Crippen molar-refractivity contribution in [2.75, 3.05) is 20.8 Å². The normalized spacial score (nSPS) is 10.4. The van der Waals surface area contributed by atoms with E-state index in [0.717, 1.165) is 12.0 Å². The molecule has 1 N–H and O–H groups in total. The van der Waals surface area contributed by atoms with E-state index in [-0.39, 0.29) is 12.5 Å². The van der Waals surface area contributed by atoms with Crippen LogP contribution < -0.4 is 19.5 Å². The fraction of sp³-hybridized carbons (Fsp3) is 0.208. The summed E-state index contributed by atoms with van der Waals surface area (Å²) in [4.78, 5) is 12.6. The number of benzene rings is 3. The SMILES string of the molecule is COc1cc(Cl)c(CNC(=O)c2cccc(OCCc3ccccc3)c2)cc1OC. The first-order chi connectivity index (χ1) is 14.6. The molecule has 1 amide bonds. The maximum atomic E-state index is 12.6. The van der Waals surface area contributed by atoms with Crippen LogP contribution in [0.15, 0.2) is 66.7 Å². The molecule has 0 saturated heterocycles. The minimum absolute atomic E-state index is 0.214. The fourth-order valence-electron chi connectivity index (χ4n) is 2.97. The van der Waals surface area contributed by atoms with Gasteiger partial charge in [-0.1, -0.05) is 48.0 Å². The summed E-state index contributed by atoms with van der Waals surface area (Å²) in [5.41, 5.74) is 2.46. The predicted octanol–water partition coefficient (Wildman–Crippen LogP) is 4.91. The molecule has 0 spiro atoms. The summed E-state index contributed by atoms with van der Waals surface area (Å²) in [6, 6.07) is 20.7. The summed E-state index contributed by atoms with van der Waals surface area (Å²) in [6.45, 7) is 0.799. The molecule has 0 saturated carbocycles. The van der Waals surface area contributed by atoms with Crippen molar-refractivity contribution in [2.24, 2.45) is 0 Å². The van der Waals surface area contributed by atoms with Gasteiger partial charge >= 0.3 is 0 Å². The largest absolute Gasteiger partial charge is 0.493 e. The van der Waals surface area contributed by atoms with Gasteiger partial charge in [0.05, 0.1) is 20.8 Å². The first-order valence-corrected chi connectivity index (χ1v) is 9.94. The van der Waals surface area contributed by atoms with Gasteiger partial charge in [-0.05, 0) is 35.4 Å². The van der Waals surface area contributed by atoms with E-state index in [4.69, 9.17) is 25.8 Å². The van der Waals surface area contributed by atoms with Crippen LogP contribution in [-0.2, 0) is 13.0 Å². The standard InChI is InChI=1S/C24H24ClNO4/c1-28-22-14-19(21(25)15-23(22)29-2)16-26-24(27)18-9-6-10-20(13-18)30-12-11-17-7-4-3-5-8-17/h3-10,13-15H,11-12,16H2,1-2H3,(H,26,27). The van der Waals surface area contributed by atoms with Crippen LogP contribution in [0.4, 0.5) is 0 Å². The van der Waals surface area contributed by atoms with Crippen molar-refractivity contribution in [3.8, 4) is 17.2 Å². The second kappa shape index (κ2) is 10.6. The lowest BCUT2D eigenvalue weighted by Crippen LogP contribution is -2.23. The highest BCUT2D eigenvalue weighted by Crippen LogP contribution is 2.33. The van der Waals surface area contributed by atoms with E-state index in [9.17, 15) is 4.79 Å². The number of carbonyl (C=O) groups is 1. The Kier molecular flexibility index (Phi) is 7.57. The van der Waals surface area contributed by atoms with Crippen molar-refractivity contribution in [1.82, 2.24) is 5.32 Å². The van der Waals surface area contributed by atoms with E-state index in [0.29, 0.717) is 34.4 Å². The highest BCUT2D eigenvalue weighted by atomic mass is 35.5. The topological polar surface area (TPSA) is 56.8 Å². The number of rotatable bonds is 9. The third kappa shape index (κ3) is 5.67. The molecule has 156 valence electrons. The monoisotopic (exact) mass is 425 g/mol. The number of ether oxygens (including phenoxy) is 3. The molecule has 0 radical (unpaired) electrons. The van der Waals surface area contributed by atoms with Crippen LogP contribution in [0.2, 0.25) is 5.02 Å².